The average Bonchev–Trinajstić information content (AvgIpc) is 3.39. The first-order chi connectivity index (χ1) is 19.0. The molecule has 1 aliphatic carbocycles. The lowest BCUT2D eigenvalue weighted by atomic mass is 9.95. The highest BCUT2D eigenvalue weighted by atomic mass is 19.1. The number of carbonyl (C=O) groups excluding carboxylic acids is 1. The van der Waals surface area contributed by atoms with Gasteiger partial charge in [0.25, 0.3) is 0 Å². The molecule has 0 bridgehead atoms. The van der Waals surface area contributed by atoms with Gasteiger partial charge in [0.2, 0.25) is 0 Å². The molecule has 1 aliphatic rings. The van der Waals surface area contributed by atoms with E-state index < -0.39 is 11.7 Å². The number of ether oxygens (including phenoxy) is 1. The van der Waals surface area contributed by atoms with E-state index in [0.717, 1.165) is 5.56 Å². The number of aryl methyl sites for hydroxylation is 1. The number of aromatic nitrogens is 5. The predicted molar refractivity (Wildman–Crippen MR) is 146 cm³/mol. The Bertz CT molecular complexity index is 1860. The van der Waals surface area contributed by atoms with E-state index in [1.807, 2.05) is 60.7 Å². The number of benzene rings is 2. The van der Waals surface area contributed by atoms with Crippen LogP contribution in [0.3, 0.4) is 0 Å². The predicted octanol–water partition coefficient (Wildman–Crippen LogP) is 5.48. The quantitative estimate of drug-likeness (QED) is 0.285. The van der Waals surface area contributed by atoms with Crippen molar-refractivity contribution in [3.05, 3.63) is 112 Å². The first-order valence-electron chi connectivity index (χ1n) is 12.7. The maximum Gasteiger partial charge on any atom is 0.341 e. The van der Waals surface area contributed by atoms with E-state index in [2.05, 4.69) is 10.2 Å². The Morgan fingerprint density at radius 2 is 1.77 bits per heavy atom. The fourth-order valence-electron chi connectivity index (χ4n) is 5.08. The van der Waals surface area contributed by atoms with Gasteiger partial charge in [0, 0.05) is 11.5 Å². The number of nitrogens with zero attached hydrogens (tertiary/aromatic N) is 5. The summed E-state index contributed by atoms with van der Waals surface area (Å²) in [4.78, 5) is 32.3. The minimum atomic E-state index is -0.519. The van der Waals surface area contributed by atoms with Crippen LogP contribution in [0, 0.1) is 6.92 Å². The lowest BCUT2D eigenvalue weighted by molar-refractivity contribution is 0.0526. The van der Waals surface area contributed by atoms with Gasteiger partial charge in [-0.05, 0) is 50.1 Å². The zero-order valence-electron chi connectivity index (χ0n) is 21.3. The Morgan fingerprint density at radius 1 is 1.05 bits per heavy atom. The molecule has 8 nitrogen and oxygen atoms in total. The lowest BCUT2D eigenvalue weighted by Crippen LogP contribution is -2.29. The van der Waals surface area contributed by atoms with Crippen LogP contribution in [0.1, 0.15) is 41.1 Å². The van der Waals surface area contributed by atoms with Crippen molar-refractivity contribution in [2.24, 2.45) is 0 Å². The Balaban J connectivity index is 1.82. The third-order valence-electron chi connectivity index (χ3n) is 6.81. The molecule has 3 heterocycles. The number of allylic oxidation sites excluding steroid dienone is 4. The molecule has 1 atom stereocenters. The molecule has 2 aromatic carbocycles. The van der Waals surface area contributed by atoms with Crippen LogP contribution < -0.4 is 5.69 Å². The Kier molecular flexibility index (Phi) is 6.11. The highest BCUT2D eigenvalue weighted by Gasteiger charge is 2.29. The van der Waals surface area contributed by atoms with Gasteiger partial charge >= 0.3 is 11.7 Å². The zero-order valence-corrected chi connectivity index (χ0v) is 21.3. The van der Waals surface area contributed by atoms with E-state index in [4.69, 9.17) is 9.72 Å². The fourth-order valence-corrected chi connectivity index (χ4v) is 5.08. The van der Waals surface area contributed by atoms with Crippen molar-refractivity contribution in [3.63, 3.8) is 0 Å². The third kappa shape index (κ3) is 4.03. The fraction of sp³-hybridized carbons (Fsp3) is 0.167. The average molecular weight is 522 g/mol. The normalized spacial score (nSPS) is 15.1. The molecular weight excluding hydrogens is 497 g/mol. The summed E-state index contributed by atoms with van der Waals surface area (Å²) in [6, 6.07) is 18.6. The van der Waals surface area contributed by atoms with Crippen molar-refractivity contribution in [2.75, 3.05) is 6.61 Å². The second kappa shape index (κ2) is 9.75. The number of fused-ring (bicyclic) bond motifs is 3. The number of pyridine rings is 1. The van der Waals surface area contributed by atoms with Crippen molar-refractivity contribution >= 4 is 22.6 Å². The van der Waals surface area contributed by atoms with Crippen LogP contribution in [0.15, 0.2) is 89.5 Å². The Morgan fingerprint density at radius 3 is 2.44 bits per heavy atom. The molecule has 0 saturated carbocycles. The van der Waals surface area contributed by atoms with Gasteiger partial charge in [-0.25, -0.2) is 27.9 Å². The van der Waals surface area contributed by atoms with Gasteiger partial charge < -0.3 is 4.74 Å². The minimum Gasteiger partial charge on any atom is -0.462 e. The van der Waals surface area contributed by atoms with Gasteiger partial charge in [-0.2, -0.15) is 0 Å². The van der Waals surface area contributed by atoms with Gasteiger partial charge in [0.05, 0.1) is 28.9 Å². The number of hydrogen-bond donors (Lipinski definition) is 0. The Hall–Kier alpha value is -4.92. The van der Waals surface area contributed by atoms with E-state index in [0.29, 0.717) is 45.8 Å². The Labute approximate surface area is 222 Å². The smallest absolute Gasteiger partial charge is 0.341 e. The molecule has 0 aliphatic heterocycles. The van der Waals surface area contributed by atoms with Gasteiger partial charge in [0.15, 0.2) is 11.3 Å². The maximum absolute atomic E-state index is 14.2. The van der Waals surface area contributed by atoms with Gasteiger partial charge in [-0.3, -0.25) is 0 Å². The highest BCUT2D eigenvalue weighted by Crippen LogP contribution is 2.37. The molecule has 0 fully saturated rings. The molecule has 6 rings (SSSR count). The van der Waals surface area contributed by atoms with Crippen molar-refractivity contribution in [2.45, 2.75) is 26.2 Å². The molecule has 9 heteroatoms. The van der Waals surface area contributed by atoms with Crippen molar-refractivity contribution in [1.29, 1.82) is 0 Å². The first-order valence-corrected chi connectivity index (χ1v) is 12.7. The summed E-state index contributed by atoms with van der Waals surface area (Å²) >= 11 is 0. The van der Waals surface area contributed by atoms with E-state index in [-0.39, 0.29) is 24.0 Å². The van der Waals surface area contributed by atoms with Crippen LogP contribution in [0.2, 0.25) is 0 Å². The molecule has 0 spiro atoms. The van der Waals surface area contributed by atoms with Crippen LogP contribution in [0.25, 0.3) is 33.5 Å². The zero-order chi connectivity index (χ0) is 27.1. The van der Waals surface area contributed by atoms with E-state index in [1.165, 1.54) is 21.1 Å². The molecule has 39 heavy (non-hydrogen) atoms. The number of para-hydroxylation sites is 1. The molecule has 1 unspecified atom stereocenters. The number of esters is 1. The van der Waals surface area contributed by atoms with Crippen molar-refractivity contribution < 1.29 is 13.9 Å². The topological polar surface area (TPSA) is 91.4 Å². The molecule has 5 aromatic rings. The largest absolute Gasteiger partial charge is 0.462 e. The lowest BCUT2D eigenvalue weighted by Gasteiger charge is -2.19. The standard InChI is InChI=1S/C30H24FN5O3/c1-3-39-29(37)23-18(2)32-27-25(24(23)19-10-6-4-7-11-19)28-34-33-26(20-14-16-21(31)17-15-20)36(28)30(38)35(27)22-12-8-5-9-13-22/h4-14,16-17,20H,3,15H2,1-2H3. The number of halogens is 1. The first kappa shape index (κ1) is 24.4. The van der Waals surface area contributed by atoms with Crippen LogP contribution in [-0.2, 0) is 4.74 Å². The van der Waals surface area contributed by atoms with Gasteiger partial charge in [-0.1, -0.05) is 54.6 Å². The van der Waals surface area contributed by atoms with Crippen LogP contribution in [0.4, 0.5) is 4.39 Å². The van der Waals surface area contributed by atoms with Crippen molar-refractivity contribution in [1.82, 2.24) is 24.1 Å². The maximum atomic E-state index is 14.2. The summed E-state index contributed by atoms with van der Waals surface area (Å²) in [7, 11) is 0. The summed E-state index contributed by atoms with van der Waals surface area (Å²) in [6.45, 7) is 3.66. The highest BCUT2D eigenvalue weighted by molar-refractivity contribution is 6.11. The van der Waals surface area contributed by atoms with E-state index >= 15 is 0 Å². The van der Waals surface area contributed by atoms with E-state index in [1.54, 1.807) is 19.9 Å². The monoisotopic (exact) mass is 521 g/mol. The molecule has 194 valence electrons. The summed E-state index contributed by atoms with van der Waals surface area (Å²) in [5.41, 5.74) is 2.78. The molecule has 0 amide bonds. The second-order valence-corrected chi connectivity index (χ2v) is 9.19. The van der Waals surface area contributed by atoms with Crippen molar-refractivity contribution in [3.8, 4) is 16.8 Å². The van der Waals surface area contributed by atoms with Crippen LogP contribution >= 0.6 is 0 Å². The summed E-state index contributed by atoms with van der Waals surface area (Å²) in [6.07, 6.45) is 4.84. The van der Waals surface area contributed by atoms with Gasteiger partial charge in [-0.15, -0.1) is 10.2 Å². The van der Waals surface area contributed by atoms with Gasteiger partial charge in [0.1, 0.15) is 11.7 Å². The third-order valence-corrected chi connectivity index (χ3v) is 6.81. The number of carbonyl (C=O) groups is 1. The second-order valence-electron chi connectivity index (χ2n) is 9.19. The van der Waals surface area contributed by atoms with E-state index in [9.17, 15) is 14.0 Å². The number of hydrogen-bond acceptors (Lipinski definition) is 6. The molecule has 0 radical (unpaired) electrons. The SMILES string of the molecule is CCOC(=O)c1c(C)nc2c(c1-c1ccccc1)c1nnc(C3C=CC(F)=CC3)n1c(=O)n2-c1ccccc1. The van der Waals surface area contributed by atoms with Crippen LogP contribution in [0.5, 0.6) is 0 Å². The summed E-state index contributed by atoms with van der Waals surface area (Å²) < 4.78 is 22.2. The summed E-state index contributed by atoms with van der Waals surface area (Å²) in [5, 5.41) is 9.35. The molecule has 3 aromatic heterocycles. The number of rotatable bonds is 5. The minimum absolute atomic E-state index is 0.191. The van der Waals surface area contributed by atoms with Crippen LogP contribution in [-0.4, -0.2) is 36.7 Å². The summed E-state index contributed by atoms with van der Waals surface area (Å²) in [5.74, 6) is -0.845. The molecule has 0 N–H and O–H groups in total. The molecular formula is C30H24FN5O3. The molecule has 0 saturated heterocycles.